The summed E-state index contributed by atoms with van der Waals surface area (Å²) in [6.45, 7) is 2.21. The van der Waals surface area contributed by atoms with Crippen LogP contribution in [-0.4, -0.2) is 36.5 Å². The summed E-state index contributed by atoms with van der Waals surface area (Å²) >= 11 is 0. The number of carbonyl (C=O) groups excluding carboxylic acids is 1. The van der Waals surface area contributed by atoms with Crippen LogP contribution in [0.2, 0.25) is 0 Å². The highest BCUT2D eigenvalue weighted by molar-refractivity contribution is 5.81. The molecule has 1 heterocycles. The van der Waals surface area contributed by atoms with Crippen molar-refractivity contribution in [2.24, 2.45) is 11.8 Å². The van der Waals surface area contributed by atoms with Gasteiger partial charge in [-0.05, 0) is 36.6 Å². The van der Waals surface area contributed by atoms with E-state index in [2.05, 4.69) is 10.2 Å². The molecule has 1 saturated carbocycles. The van der Waals surface area contributed by atoms with Gasteiger partial charge in [-0.15, -0.1) is 0 Å². The van der Waals surface area contributed by atoms with Crippen molar-refractivity contribution in [1.82, 2.24) is 5.32 Å². The SMILES string of the molecule is O=C(NC[C@@H]1CCN(c2ccc(F)cc2)C1)[C@@H]1C[C@@H]1[N+](=O)[O-]. The molecule has 0 radical (unpaired) electrons. The van der Waals surface area contributed by atoms with E-state index in [4.69, 9.17) is 0 Å². The van der Waals surface area contributed by atoms with E-state index in [1.165, 1.54) is 12.1 Å². The highest BCUT2D eigenvalue weighted by Crippen LogP contribution is 2.33. The minimum absolute atomic E-state index is 0.207. The summed E-state index contributed by atoms with van der Waals surface area (Å²) in [4.78, 5) is 24.1. The number of hydrogen-bond acceptors (Lipinski definition) is 4. The minimum Gasteiger partial charge on any atom is -0.371 e. The predicted octanol–water partition coefficient (Wildman–Crippen LogP) is 1.43. The first kappa shape index (κ1) is 14.7. The first-order chi connectivity index (χ1) is 10.5. The second-order valence-electron chi connectivity index (χ2n) is 6.02. The van der Waals surface area contributed by atoms with Crippen molar-refractivity contribution >= 4 is 11.6 Å². The van der Waals surface area contributed by atoms with Gasteiger partial charge in [-0.2, -0.15) is 0 Å². The maximum Gasteiger partial charge on any atom is 0.230 e. The fraction of sp³-hybridized carbons (Fsp3) is 0.533. The number of anilines is 1. The first-order valence-electron chi connectivity index (χ1n) is 7.46. The van der Waals surface area contributed by atoms with E-state index in [0.717, 1.165) is 25.2 Å². The van der Waals surface area contributed by atoms with Gasteiger partial charge < -0.3 is 10.2 Å². The van der Waals surface area contributed by atoms with Crippen LogP contribution in [0.3, 0.4) is 0 Å². The third-order valence-electron chi connectivity index (χ3n) is 4.41. The molecule has 0 aromatic heterocycles. The Bertz CT molecular complexity index is 578. The van der Waals surface area contributed by atoms with Gasteiger partial charge in [0.1, 0.15) is 11.7 Å². The first-order valence-corrected chi connectivity index (χ1v) is 7.46. The van der Waals surface area contributed by atoms with E-state index in [0.29, 0.717) is 18.9 Å². The molecular formula is C15H18FN3O3. The highest BCUT2D eigenvalue weighted by atomic mass is 19.1. The summed E-state index contributed by atoms with van der Waals surface area (Å²) in [5.74, 6) is -0.593. The van der Waals surface area contributed by atoms with Crippen molar-refractivity contribution in [3.05, 3.63) is 40.2 Å². The zero-order valence-corrected chi connectivity index (χ0v) is 12.1. The van der Waals surface area contributed by atoms with Gasteiger partial charge in [-0.25, -0.2) is 4.39 Å². The van der Waals surface area contributed by atoms with E-state index in [1.807, 2.05) is 0 Å². The van der Waals surface area contributed by atoms with Gasteiger partial charge in [0.05, 0.1) is 0 Å². The van der Waals surface area contributed by atoms with Crippen LogP contribution < -0.4 is 10.2 Å². The molecule has 3 rings (SSSR count). The molecule has 1 aliphatic carbocycles. The van der Waals surface area contributed by atoms with Crippen LogP contribution in [0.25, 0.3) is 0 Å². The quantitative estimate of drug-likeness (QED) is 0.659. The maximum absolute atomic E-state index is 12.9. The van der Waals surface area contributed by atoms with Gasteiger partial charge in [0.2, 0.25) is 11.9 Å². The van der Waals surface area contributed by atoms with Crippen LogP contribution in [0.1, 0.15) is 12.8 Å². The van der Waals surface area contributed by atoms with Gasteiger partial charge in [0.25, 0.3) is 0 Å². The number of amides is 1. The van der Waals surface area contributed by atoms with Crippen molar-refractivity contribution in [3.8, 4) is 0 Å². The molecule has 118 valence electrons. The summed E-state index contributed by atoms with van der Waals surface area (Å²) in [7, 11) is 0. The van der Waals surface area contributed by atoms with E-state index in [9.17, 15) is 19.3 Å². The average Bonchev–Trinajstić information content (AvgIpc) is 3.18. The Balaban J connectivity index is 1.44. The Hall–Kier alpha value is -2.18. The van der Waals surface area contributed by atoms with Crippen LogP contribution in [0.4, 0.5) is 10.1 Å². The fourth-order valence-electron chi connectivity index (χ4n) is 2.96. The molecule has 1 aromatic rings. The molecule has 1 N–H and O–H groups in total. The zero-order chi connectivity index (χ0) is 15.7. The van der Waals surface area contributed by atoms with E-state index >= 15 is 0 Å². The lowest BCUT2D eigenvalue weighted by atomic mass is 10.1. The summed E-state index contributed by atoms with van der Waals surface area (Å²) in [5.41, 5.74) is 0.978. The van der Waals surface area contributed by atoms with Crippen molar-refractivity contribution < 1.29 is 14.1 Å². The van der Waals surface area contributed by atoms with Crippen LogP contribution in [0.5, 0.6) is 0 Å². The standard InChI is InChI=1S/C15H18FN3O3/c16-11-1-3-12(4-2-11)18-6-5-10(9-18)8-17-15(20)13-7-14(13)19(21)22/h1-4,10,13-14H,5-9H2,(H,17,20)/t10-,13+,14-/m0/s1. The maximum atomic E-state index is 12.9. The van der Waals surface area contributed by atoms with Crippen LogP contribution >= 0.6 is 0 Å². The highest BCUT2D eigenvalue weighted by Gasteiger charge is 2.53. The number of rotatable bonds is 5. The molecular weight excluding hydrogens is 289 g/mol. The number of nitrogens with zero attached hydrogens (tertiary/aromatic N) is 2. The number of carbonyl (C=O) groups is 1. The Morgan fingerprint density at radius 3 is 2.77 bits per heavy atom. The van der Waals surface area contributed by atoms with E-state index < -0.39 is 12.0 Å². The van der Waals surface area contributed by atoms with Gasteiger partial charge in [-0.1, -0.05) is 0 Å². The molecule has 0 unspecified atom stereocenters. The molecule has 22 heavy (non-hydrogen) atoms. The molecule has 1 saturated heterocycles. The second kappa shape index (κ2) is 5.90. The normalized spacial score (nSPS) is 26.8. The van der Waals surface area contributed by atoms with E-state index in [-0.39, 0.29) is 16.6 Å². The lowest BCUT2D eigenvalue weighted by Crippen LogP contribution is -2.33. The molecule has 0 spiro atoms. The molecule has 2 aliphatic rings. The molecule has 1 amide bonds. The molecule has 7 heteroatoms. The second-order valence-corrected chi connectivity index (χ2v) is 6.02. The summed E-state index contributed by atoms with van der Waals surface area (Å²) < 4.78 is 12.9. The third-order valence-corrected chi connectivity index (χ3v) is 4.41. The van der Waals surface area contributed by atoms with Crippen molar-refractivity contribution in [2.45, 2.75) is 18.9 Å². The van der Waals surface area contributed by atoms with Crippen LogP contribution in [0, 0.1) is 27.8 Å². The monoisotopic (exact) mass is 307 g/mol. The van der Waals surface area contributed by atoms with Gasteiger partial charge >= 0.3 is 0 Å². The van der Waals surface area contributed by atoms with Gasteiger partial charge in [-0.3, -0.25) is 14.9 Å². The molecule has 1 aromatic carbocycles. The number of nitrogens with one attached hydrogen (secondary N) is 1. The number of nitro groups is 1. The Kier molecular flexibility index (Phi) is 3.96. The average molecular weight is 307 g/mol. The number of hydrogen-bond donors (Lipinski definition) is 1. The fourth-order valence-corrected chi connectivity index (χ4v) is 2.96. The third kappa shape index (κ3) is 3.18. The number of halogens is 1. The van der Waals surface area contributed by atoms with Gasteiger partial charge in [0.15, 0.2) is 0 Å². The molecule has 3 atom stereocenters. The summed E-state index contributed by atoms with van der Waals surface area (Å²) in [5, 5.41) is 13.4. The topological polar surface area (TPSA) is 75.5 Å². The Labute approximate surface area is 127 Å². The minimum atomic E-state index is -0.695. The molecule has 0 bridgehead atoms. The summed E-state index contributed by atoms with van der Waals surface area (Å²) in [6.07, 6.45) is 1.30. The van der Waals surface area contributed by atoms with Gasteiger partial charge in [0, 0.05) is 36.7 Å². The lowest BCUT2D eigenvalue weighted by Gasteiger charge is -2.18. The molecule has 2 fully saturated rings. The largest absolute Gasteiger partial charge is 0.371 e. The van der Waals surface area contributed by atoms with Crippen LogP contribution in [0.15, 0.2) is 24.3 Å². The summed E-state index contributed by atoms with van der Waals surface area (Å²) in [6, 6.07) is 5.69. The molecule has 1 aliphatic heterocycles. The smallest absolute Gasteiger partial charge is 0.230 e. The number of benzene rings is 1. The predicted molar refractivity (Wildman–Crippen MR) is 78.6 cm³/mol. The Morgan fingerprint density at radius 2 is 2.14 bits per heavy atom. The van der Waals surface area contributed by atoms with Crippen molar-refractivity contribution in [3.63, 3.8) is 0 Å². The van der Waals surface area contributed by atoms with Crippen LogP contribution in [-0.2, 0) is 4.79 Å². The van der Waals surface area contributed by atoms with E-state index in [1.54, 1.807) is 12.1 Å². The Morgan fingerprint density at radius 1 is 1.41 bits per heavy atom. The zero-order valence-electron chi connectivity index (χ0n) is 12.1. The van der Waals surface area contributed by atoms with Crippen molar-refractivity contribution in [2.75, 3.05) is 24.5 Å². The molecule has 6 nitrogen and oxygen atoms in total. The lowest BCUT2D eigenvalue weighted by molar-refractivity contribution is -0.497. The van der Waals surface area contributed by atoms with Crippen molar-refractivity contribution in [1.29, 1.82) is 0 Å².